The lowest BCUT2D eigenvalue weighted by molar-refractivity contribution is 0.0993. The van der Waals surface area contributed by atoms with Crippen LogP contribution in [0.3, 0.4) is 0 Å². The summed E-state index contributed by atoms with van der Waals surface area (Å²) in [6, 6.07) is 17.6. The summed E-state index contributed by atoms with van der Waals surface area (Å²) in [6.07, 6.45) is 1.04. The Morgan fingerprint density at radius 1 is 1.00 bits per heavy atom. The fraction of sp³-hybridized carbons (Fsp3) is 0.278. The molecule has 0 unspecified atom stereocenters. The molecule has 0 atom stereocenters. The number of carbonyl (C=O) groups excluding carboxylic acids is 1. The van der Waals surface area contributed by atoms with Crippen LogP contribution in [0.5, 0.6) is 0 Å². The second-order valence-electron chi connectivity index (χ2n) is 5.49. The molecule has 0 saturated carbocycles. The van der Waals surface area contributed by atoms with E-state index in [2.05, 4.69) is 13.8 Å². The fourth-order valence-corrected chi connectivity index (χ4v) is 2.22. The number of nitrogens with zero attached hydrogens (tertiary/aromatic N) is 1. The molecule has 0 fully saturated rings. The molecule has 0 radical (unpaired) electrons. The maximum absolute atomic E-state index is 12.4. The SMILES string of the molecule is CC(C)Cc1ccc(C(=O)N(C)c2ccccc2)cc1. The lowest BCUT2D eigenvalue weighted by Gasteiger charge is -2.17. The quantitative estimate of drug-likeness (QED) is 0.814. The number of benzene rings is 2. The number of rotatable bonds is 4. The Kier molecular flexibility index (Phi) is 4.57. The number of carbonyl (C=O) groups is 1. The maximum atomic E-state index is 12.4. The van der Waals surface area contributed by atoms with E-state index < -0.39 is 0 Å². The number of hydrogen-bond donors (Lipinski definition) is 0. The molecule has 2 aromatic carbocycles. The average molecular weight is 267 g/mol. The zero-order valence-corrected chi connectivity index (χ0v) is 12.3. The van der Waals surface area contributed by atoms with E-state index in [0.29, 0.717) is 5.92 Å². The Hall–Kier alpha value is -2.09. The second kappa shape index (κ2) is 6.38. The third kappa shape index (κ3) is 3.47. The van der Waals surface area contributed by atoms with Crippen LogP contribution in [0.2, 0.25) is 0 Å². The summed E-state index contributed by atoms with van der Waals surface area (Å²) in [7, 11) is 1.81. The predicted molar refractivity (Wildman–Crippen MR) is 84.2 cm³/mol. The summed E-state index contributed by atoms with van der Waals surface area (Å²) in [5, 5.41) is 0. The summed E-state index contributed by atoms with van der Waals surface area (Å²) in [6.45, 7) is 4.39. The van der Waals surface area contributed by atoms with Crippen molar-refractivity contribution in [2.75, 3.05) is 11.9 Å². The van der Waals surface area contributed by atoms with Gasteiger partial charge in [0, 0.05) is 18.3 Å². The van der Waals surface area contributed by atoms with Crippen molar-refractivity contribution < 1.29 is 4.79 Å². The lowest BCUT2D eigenvalue weighted by Crippen LogP contribution is -2.26. The van der Waals surface area contributed by atoms with Gasteiger partial charge in [0.15, 0.2) is 0 Å². The Balaban J connectivity index is 2.13. The van der Waals surface area contributed by atoms with Gasteiger partial charge in [0.2, 0.25) is 0 Å². The van der Waals surface area contributed by atoms with Gasteiger partial charge in [-0.15, -0.1) is 0 Å². The molecular formula is C18H21NO. The van der Waals surface area contributed by atoms with Crippen molar-refractivity contribution in [1.29, 1.82) is 0 Å². The minimum absolute atomic E-state index is 0.0206. The molecule has 0 aliphatic heterocycles. The summed E-state index contributed by atoms with van der Waals surface area (Å²) in [5.41, 5.74) is 2.91. The van der Waals surface area contributed by atoms with Gasteiger partial charge in [0.05, 0.1) is 0 Å². The third-order valence-electron chi connectivity index (χ3n) is 3.29. The Labute approximate surface area is 121 Å². The second-order valence-corrected chi connectivity index (χ2v) is 5.49. The first kappa shape index (κ1) is 14.3. The van der Waals surface area contributed by atoms with Crippen molar-refractivity contribution in [3.05, 3.63) is 65.7 Å². The van der Waals surface area contributed by atoms with Crippen LogP contribution >= 0.6 is 0 Å². The van der Waals surface area contributed by atoms with E-state index in [0.717, 1.165) is 17.7 Å². The van der Waals surface area contributed by atoms with Crippen LogP contribution in [0.4, 0.5) is 5.69 Å². The molecule has 104 valence electrons. The van der Waals surface area contributed by atoms with E-state index in [1.54, 1.807) is 11.9 Å². The first-order valence-corrected chi connectivity index (χ1v) is 7.00. The van der Waals surface area contributed by atoms with Crippen molar-refractivity contribution in [2.24, 2.45) is 5.92 Å². The summed E-state index contributed by atoms with van der Waals surface area (Å²) in [4.78, 5) is 14.1. The molecular weight excluding hydrogens is 246 g/mol. The molecule has 0 heterocycles. The summed E-state index contributed by atoms with van der Waals surface area (Å²) < 4.78 is 0. The molecule has 1 amide bonds. The van der Waals surface area contributed by atoms with Crippen molar-refractivity contribution >= 4 is 11.6 Å². The first-order valence-electron chi connectivity index (χ1n) is 7.00. The molecule has 0 N–H and O–H groups in total. The van der Waals surface area contributed by atoms with Crippen molar-refractivity contribution in [1.82, 2.24) is 0 Å². The van der Waals surface area contributed by atoms with Crippen LogP contribution in [0, 0.1) is 5.92 Å². The number of anilines is 1. The normalized spacial score (nSPS) is 10.6. The Bertz CT molecular complexity index is 558. The van der Waals surface area contributed by atoms with Crippen LogP contribution in [0.15, 0.2) is 54.6 Å². The molecule has 2 nitrogen and oxygen atoms in total. The highest BCUT2D eigenvalue weighted by Gasteiger charge is 2.12. The fourth-order valence-electron chi connectivity index (χ4n) is 2.22. The Morgan fingerprint density at radius 3 is 2.15 bits per heavy atom. The van der Waals surface area contributed by atoms with Crippen molar-refractivity contribution in [3.8, 4) is 0 Å². The van der Waals surface area contributed by atoms with Gasteiger partial charge in [-0.1, -0.05) is 44.2 Å². The number of amides is 1. The van der Waals surface area contributed by atoms with Crippen LogP contribution in [-0.2, 0) is 6.42 Å². The zero-order valence-electron chi connectivity index (χ0n) is 12.3. The van der Waals surface area contributed by atoms with E-state index in [1.807, 2.05) is 54.6 Å². The van der Waals surface area contributed by atoms with Crippen molar-refractivity contribution in [3.63, 3.8) is 0 Å². The van der Waals surface area contributed by atoms with Gasteiger partial charge >= 0.3 is 0 Å². The van der Waals surface area contributed by atoms with Crippen LogP contribution in [-0.4, -0.2) is 13.0 Å². The molecule has 0 spiro atoms. The van der Waals surface area contributed by atoms with Gasteiger partial charge in [-0.25, -0.2) is 0 Å². The lowest BCUT2D eigenvalue weighted by atomic mass is 10.0. The minimum atomic E-state index is 0.0206. The number of hydrogen-bond acceptors (Lipinski definition) is 1. The third-order valence-corrected chi connectivity index (χ3v) is 3.29. The van der Waals surface area contributed by atoms with E-state index in [1.165, 1.54) is 5.56 Å². The molecule has 2 rings (SSSR count). The van der Waals surface area contributed by atoms with E-state index in [4.69, 9.17) is 0 Å². The molecule has 0 aromatic heterocycles. The molecule has 0 saturated heterocycles. The average Bonchev–Trinajstić information content (AvgIpc) is 2.47. The highest BCUT2D eigenvalue weighted by molar-refractivity contribution is 6.05. The minimum Gasteiger partial charge on any atom is -0.311 e. The molecule has 20 heavy (non-hydrogen) atoms. The van der Waals surface area contributed by atoms with Crippen LogP contribution < -0.4 is 4.90 Å². The largest absolute Gasteiger partial charge is 0.311 e. The molecule has 2 heteroatoms. The van der Waals surface area contributed by atoms with Crippen molar-refractivity contribution in [2.45, 2.75) is 20.3 Å². The smallest absolute Gasteiger partial charge is 0.258 e. The van der Waals surface area contributed by atoms with Gasteiger partial charge in [-0.3, -0.25) is 4.79 Å². The molecule has 0 aliphatic rings. The van der Waals surface area contributed by atoms with Crippen LogP contribution in [0.1, 0.15) is 29.8 Å². The van der Waals surface area contributed by atoms with Gasteiger partial charge in [-0.2, -0.15) is 0 Å². The van der Waals surface area contributed by atoms with Gasteiger partial charge in [-0.05, 0) is 42.2 Å². The molecule has 0 aliphatic carbocycles. The predicted octanol–water partition coefficient (Wildman–Crippen LogP) is 4.16. The van der Waals surface area contributed by atoms with E-state index in [9.17, 15) is 4.79 Å². The summed E-state index contributed by atoms with van der Waals surface area (Å²) >= 11 is 0. The van der Waals surface area contributed by atoms with Gasteiger partial charge in [0.1, 0.15) is 0 Å². The number of para-hydroxylation sites is 1. The first-order chi connectivity index (χ1) is 9.58. The Morgan fingerprint density at radius 2 is 1.60 bits per heavy atom. The van der Waals surface area contributed by atoms with Crippen LogP contribution in [0.25, 0.3) is 0 Å². The van der Waals surface area contributed by atoms with E-state index >= 15 is 0 Å². The van der Waals surface area contributed by atoms with Gasteiger partial charge in [0.25, 0.3) is 5.91 Å². The van der Waals surface area contributed by atoms with Gasteiger partial charge < -0.3 is 4.90 Å². The highest BCUT2D eigenvalue weighted by atomic mass is 16.2. The summed E-state index contributed by atoms with van der Waals surface area (Å²) in [5.74, 6) is 0.649. The monoisotopic (exact) mass is 267 g/mol. The highest BCUT2D eigenvalue weighted by Crippen LogP contribution is 2.16. The zero-order chi connectivity index (χ0) is 14.5. The molecule has 2 aromatic rings. The maximum Gasteiger partial charge on any atom is 0.258 e. The topological polar surface area (TPSA) is 20.3 Å². The molecule has 0 bridgehead atoms. The van der Waals surface area contributed by atoms with E-state index in [-0.39, 0.29) is 5.91 Å². The standard InChI is InChI=1S/C18H21NO/c1-14(2)13-15-9-11-16(12-10-15)18(20)19(3)17-7-5-4-6-8-17/h4-12,14H,13H2,1-3H3.